The van der Waals surface area contributed by atoms with E-state index in [1.165, 1.54) is 58.0 Å². The first-order valence-electron chi connectivity index (χ1n) is 8.35. The number of hydrogen-bond acceptors (Lipinski definition) is 3. The minimum absolute atomic E-state index is 0.316. The maximum Gasteiger partial charge on any atom is 0.0361 e. The van der Waals surface area contributed by atoms with Crippen LogP contribution in [0.2, 0.25) is 0 Å². The Balaban J connectivity index is 1.76. The van der Waals surface area contributed by atoms with E-state index in [0.717, 1.165) is 24.5 Å². The van der Waals surface area contributed by atoms with Crippen molar-refractivity contribution in [3.8, 4) is 0 Å². The van der Waals surface area contributed by atoms with Gasteiger partial charge in [0.25, 0.3) is 0 Å². The predicted molar refractivity (Wildman–Crippen MR) is 80.2 cm³/mol. The molecule has 3 fully saturated rings. The molecule has 1 saturated carbocycles. The van der Waals surface area contributed by atoms with Crippen molar-refractivity contribution in [3.63, 3.8) is 0 Å². The summed E-state index contributed by atoms with van der Waals surface area (Å²) in [7, 11) is 2.33. The number of nitrogens with two attached hydrogens (primary N) is 1. The molecule has 3 nitrogen and oxygen atoms in total. The van der Waals surface area contributed by atoms with Crippen LogP contribution in [0.1, 0.15) is 51.9 Å². The summed E-state index contributed by atoms with van der Waals surface area (Å²) >= 11 is 0. The number of rotatable bonds is 6. The van der Waals surface area contributed by atoms with E-state index >= 15 is 0 Å². The first-order valence-corrected chi connectivity index (χ1v) is 8.35. The summed E-state index contributed by atoms with van der Waals surface area (Å²) in [5.74, 6) is 0.979. The summed E-state index contributed by atoms with van der Waals surface area (Å²) in [5, 5.41) is 0. The van der Waals surface area contributed by atoms with Gasteiger partial charge in [-0.05, 0) is 64.5 Å². The van der Waals surface area contributed by atoms with Crippen LogP contribution in [-0.2, 0) is 0 Å². The van der Waals surface area contributed by atoms with Gasteiger partial charge in [0.1, 0.15) is 0 Å². The summed E-state index contributed by atoms with van der Waals surface area (Å²) in [6, 6.07) is 1.58. The smallest absolute Gasteiger partial charge is 0.0361 e. The highest BCUT2D eigenvalue weighted by atomic mass is 15.3. The normalized spacial score (nSPS) is 39.2. The SMILES string of the molecule is CCCN(CC1CC1)C1(CN)CC2CCC(C1)N2C. The molecule has 110 valence electrons. The van der Waals surface area contributed by atoms with Crippen molar-refractivity contribution in [2.24, 2.45) is 11.7 Å². The Hall–Kier alpha value is -0.120. The monoisotopic (exact) mass is 265 g/mol. The van der Waals surface area contributed by atoms with Crippen LogP contribution in [0.5, 0.6) is 0 Å². The first kappa shape index (κ1) is 13.8. The summed E-state index contributed by atoms with van der Waals surface area (Å²) in [6.07, 6.45) is 9.58. The van der Waals surface area contributed by atoms with E-state index in [2.05, 4.69) is 23.8 Å². The van der Waals surface area contributed by atoms with Crippen LogP contribution in [0.3, 0.4) is 0 Å². The van der Waals surface area contributed by atoms with Crippen LogP contribution in [-0.4, -0.2) is 54.1 Å². The molecule has 0 spiro atoms. The second kappa shape index (κ2) is 5.34. The highest BCUT2D eigenvalue weighted by molar-refractivity contribution is 5.07. The van der Waals surface area contributed by atoms with Gasteiger partial charge in [0.15, 0.2) is 0 Å². The third-order valence-electron chi connectivity index (χ3n) is 5.94. The molecule has 2 aliphatic heterocycles. The maximum atomic E-state index is 6.30. The molecule has 2 heterocycles. The quantitative estimate of drug-likeness (QED) is 0.798. The Morgan fingerprint density at radius 2 is 1.79 bits per heavy atom. The van der Waals surface area contributed by atoms with Crippen LogP contribution < -0.4 is 5.73 Å². The molecule has 2 saturated heterocycles. The van der Waals surface area contributed by atoms with Gasteiger partial charge in [0.2, 0.25) is 0 Å². The van der Waals surface area contributed by atoms with Crippen LogP contribution in [0.4, 0.5) is 0 Å². The molecule has 0 aromatic heterocycles. The van der Waals surface area contributed by atoms with E-state index in [-0.39, 0.29) is 0 Å². The molecule has 2 atom stereocenters. The highest BCUT2D eigenvalue weighted by Crippen LogP contribution is 2.43. The Bertz CT molecular complexity index is 299. The van der Waals surface area contributed by atoms with Gasteiger partial charge >= 0.3 is 0 Å². The summed E-state index contributed by atoms with van der Waals surface area (Å²) in [6.45, 7) is 5.74. The number of nitrogens with zero attached hydrogens (tertiary/aromatic N) is 2. The molecule has 0 aromatic carbocycles. The van der Waals surface area contributed by atoms with Crippen molar-refractivity contribution in [2.45, 2.75) is 69.5 Å². The van der Waals surface area contributed by atoms with Gasteiger partial charge in [-0.15, -0.1) is 0 Å². The zero-order valence-electron chi connectivity index (χ0n) is 12.8. The van der Waals surface area contributed by atoms with Crippen molar-refractivity contribution in [1.29, 1.82) is 0 Å². The lowest BCUT2D eigenvalue weighted by molar-refractivity contribution is -0.00190. The largest absolute Gasteiger partial charge is 0.329 e. The zero-order chi connectivity index (χ0) is 13.5. The average molecular weight is 265 g/mol. The molecule has 2 unspecified atom stereocenters. The Kier molecular flexibility index (Phi) is 3.89. The topological polar surface area (TPSA) is 32.5 Å². The van der Waals surface area contributed by atoms with Crippen LogP contribution in [0.25, 0.3) is 0 Å². The average Bonchev–Trinajstić information content (AvgIpc) is 3.19. The molecule has 2 N–H and O–H groups in total. The molecule has 19 heavy (non-hydrogen) atoms. The van der Waals surface area contributed by atoms with Crippen molar-refractivity contribution >= 4 is 0 Å². The van der Waals surface area contributed by atoms with Crippen molar-refractivity contribution in [2.75, 3.05) is 26.7 Å². The molecule has 0 radical (unpaired) electrons. The minimum atomic E-state index is 0.316. The fourth-order valence-corrected chi connectivity index (χ4v) is 4.50. The third-order valence-corrected chi connectivity index (χ3v) is 5.94. The van der Waals surface area contributed by atoms with Crippen LogP contribution in [0.15, 0.2) is 0 Å². The van der Waals surface area contributed by atoms with Crippen LogP contribution in [0, 0.1) is 5.92 Å². The van der Waals surface area contributed by atoms with Crippen molar-refractivity contribution in [1.82, 2.24) is 9.80 Å². The van der Waals surface area contributed by atoms with E-state index in [9.17, 15) is 0 Å². The predicted octanol–water partition coefficient (Wildman–Crippen LogP) is 2.06. The zero-order valence-corrected chi connectivity index (χ0v) is 12.8. The Morgan fingerprint density at radius 1 is 1.16 bits per heavy atom. The Morgan fingerprint density at radius 3 is 2.26 bits per heavy atom. The minimum Gasteiger partial charge on any atom is -0.329 e. The number of hydrogen-bond donors (Lipinski definition) is 1. The summed E-state index contributed by atoms with van der Waals surface area (Å²) < 4.78 is 0. The van der Waals surface area contributed by atoms with E-state index in [1.54, 1.807) is 0 Å². The van der Waals surface area contributed by atoms with Gasteiger partial charge in [0.05, 0.1) is 0 Å². The molecular weight excluding hydrogens is 234 g/mol. The van der Waals surface area contributed by atoms with Gasteiger partial charge < -0.3 is 10.6 Å². The van der Waals surface area contributed by atoms with E-state index in [0.29, 0.717) is 5.54 Å². The second-order valence-corrected chi connectivity index (χ2v) is 7.28. The highest BCUT2D eigenvalue weighted by Gasteiger charge is 2.49. The number of piperidine rings is 1. The third kappa shape index (κ3) is 2.57. The molecular formula is C16H31N3. The van der Waals surface area contributed by atoms with Gasteiger partial charge in [-0.3, -0.25) is 4.90 Å². The fourth-order valence-electron chi connectivity index (χ4n) is 4.50. The van der Waals surface area contributed by atoms with Gasteiger partial charge in [0, 0.05) is 30.7 Å². The van der Waals surface area contributed by atoms with Crippen molar-refractivity contribution in [3.05, 3.63) is 0 Å². The van der Waals surface area contributed by atoms with E-state index in [4.69, 9.17) is 5.73 Å². The molecule has 1 aliphatic carbocycles. The number of fused-ring (bicyclic) bond motifs is 2. The molecule has 3 rings (SSSR count). The lowest BCUT2D eigenvalue weighted by Crippen LogP contribution is -2.62. The van der Waals surface area contributed by atoms with Gasteiger partial charge in [-0.2, -0.15) is 0 Å². The molecule has 2 bridgehead atoms. The summed E-state index contributed by atoms with van der Waals surface area (Å²) in [5.41, 5.74) is 6.62. The molecule has 0 amide bonds. The van der Waals surface area contributed by atoms with Crippen molar-refractivity contribution < 1.29 is 0 Å². The maximum absolute atomic E-state index is 6.30. The fraction of sp³-hybridized carbons (Fsp3) is 1.00. The lowest BCUT2D eigenvalue weighted by Gasteiger charge is -2.51. The lowest BCUT2D eigenvalue weighted by atomic mass is 9.81. The first-order chi connectivity index (χ1) is 9.18. The molecule has 3 heteroatoms. The van der Waals surface area contributed by atoms with Gasteiger partial charge in [-0.25, -0.2) is 0 Å². The summed E-state index contributed by atoms with van der Waals surface area (Å²) in [4.78, 5) is 5.43. The van der Waals surface area contributed by atoms with Crippen LogP contribution >= 0.6 is 0 Å². The van der Waals surface area contributed by atoms with E-state index in [1.807, 2.05) is 0 Å². The second-order valence-electron chi connectivity index (χ2n) is 7.28. The molecule has 3 aliphatic rings. The standard InChI is InChI=1S/C16H31N3/c1-3-8-19(11-13-4-5-13)16(12-17)9-14-6-7-15(10-16)18(14)2/h13-15H,3-12,17H2,1-2H3. The van der Waals surface area contributed by atoms with Gasteiger partial charge in [-0.1, -0.05) is 6.92 Å². The molecule has 0 aromatic rings. The van der Waals surface area contributed by atoms with E-state index < -0.39 is 0 Å². The Labute approximate surface area is 118 Å².